The van der Waals surface area contributed by atoms with Gasteiger partial charge in [-0.1, -0.05) is 18.2 Å². The van der Waals surface area contributed by atoms with E-state index in [1.807, 2.05) is 6.07 Å². The number of halogens is 2. The minimum atomic E-state index is -1.15. The molecule has 2 aromatic carbocycles. The van der Waals surface area contributed by atoms with Gasteiger partial charge in [0, 0.05) is 12.5 Å². The average Bonchev–Trinajstić information content (AvgIpc) is 3.11. The van der Waals surface area contributed by atoms with Gasteiger partial charge in [0.15, 0.2) is 11.6 Å². The lowest BCUT2D eigenvalue weighted by molar-refractivity contribution is 0.0716. The molecular formula is C19H15F2N3O2. The fraction of sp³-hybridized carbons (Fsp3) is 0.158. The topological polar surface area (TPSA) is 69.2 Å². The first-order valence-electron chi connectivity index (χ1n) is 8.09. The number of phenolic OH excluding ortho intramolecular Hbond substituents is 1. The number of carbonyl (C=O) groups excluding carboxylic acids is 1. The average molecular weight is 355 g/mol. The molecule has 132 valence electrons. The number of H-pyrrole nitrogens is 1. The second-order valence-electron chi connectivity index (χ2n) is 6.20. The van der Waals surface area contributed by atoms with Gasteiger partial charge in [-0.15, -0.1) is 0 Å². The predicted molar refractivity (Wildman–Crippen MR) is 89.6 cm³/mol. The number of hydrogen-bond donors (Lipinski definition) is 2. The fourth-order valence-electron chi connectivity index (χ4n) is 3.32. The van der Waals surface area contributed by atoms with Crippen molar-refractivity contribution in [3.05, 3.63) is 82.9 Å². The molecule has 2 N–H and O–H groups in total. The molecule has 0 saturated heterocycles. The number of hydrogen-bond acceptors (Lipinski definition) is 3. The van der Waals surface area contributed by atoms with Crippen LogP contribution in [0, 0.1) is 11.6 Å². The van der Waals surface area contributed by atoms with Crippen molar-refractivity contribution in [3.63, 3.8) is 0 Å². The molecule has 0 radical (unpaired) electrons. The Morgan fingerprint density at radius 2 is 2.04 bits per heavy atom. The molecule has 7 heteroatoms. The van der Waals surface area contributed by atoms with Crippen LogP contribution in [0.1, 0.15) is 33.2 Å². The number of carbonyl (C=O) groups is 1. The van der Waals surface area contributed by atoms with Crippen LogP contribution >= 0.6 is 0 Å². The number of rotatable bonds is 2. The highest BCUT2D eigenvalue weighted by Gasteiger charge is 2.33. The summed E-state index contributed by atoms with van der Waals surface area (Å²) in [5, 5.41) is 9.76. The number of nitrogens with one attached hydrogen (secondary N) is 1. The number of nitrogens with zero attached hydrogens (tertiary/aromatic N) is 2. The zero-order chi connectivity index (χ0) is 18.3. The van der Waals surface area contributed by atoms with Gasteiger partial charge in [-0.25, -0.2) is 13.8 Å². The summed E-state index contributed by atoms with van der Waals surface area (Å²) in [4.78, 5) is 21.6. The lowest BCUT2D eigenvalue weighted by Gasteiger charge is -2.32. The molecule has 1 atom stereocenters. The van der Waals surface area contributed by atoms with Crippen molar-refractivity contribution in [2.45, 2.75) is 12.5 Å². The zero-order valence-corrected chi connectivity index (χ0v) is 13.6. The van der Waals surface area contributed by atoms with Crippen molar-refractivity contribution in [2.24, 2.45) is 0 Å². The molecule has 0 spiro atoms. The number of phenols is 1. The van der Waals surface area contributed by atoms with E-state index in [-0.39, 0.29) is 30.3 Å². The third kappa shape index (κ3) is 2.71. The standard InChI is InChI=1S/C19H15F2N3O2/c20-15-6-2-5-13(17(15)21)19(26)24-8-14(11-3-1-4-12(25)7-11)18-16(9-24)22-10-23-18/h1-7,10,14,25H,8-9H2,(H,22,23). The van der Waals surface area contributed by atoms with E-state index < -0.39 is 17.5 Å². The van der Waals surface area contributed by atoms with Crippen molar-refractivity contribution in [1.82, 2.24) is 14.9 Å². The van der Waals surface area contributed by atoms with E-state index in [9.17, 15) is 18.7 Å². The van der Waals surface area contributed by atoms with E-state index in [2.05, 4.69) is 9.97 Å². The summed E-state index contributed by atoms with van der Waals surface area (Å²) in [6, 6.07) is 10.3. The van der Waals surface area contributed by atoms with Crippen LogP contribution in [0.4, 0.5) is 8.78 Å². The number of fused-ring (bicyclic) bond motifs is 1. The van der Waals surface area contributed by atoms with Gasteiger partial charge in [-0.2, -0.15) is 0 Å². The molecule has 0 fully saturated rings. The maximum absolute atomic E-state index is 14.0. The van der Waals surface area contributed by atoms with Crippen molar-refractivity contribution >= 4 is 5.91 Å². The molecule has 0 bridgehead atoms. The molecule has 1 amide bonds. The van der Waals surface area contributed by atoms with Gasteiger partial charge in [-0.3, -0.25) is 4.79 Å². The van der Waals surface area contributed by atoms with E-state index in [0.29, 0.717) is 0 Å². The number of aromatic hydroxyl groups is 1. The van der Waals surface area contributed by atoms with E-state index in [1.54, 1.807) is 18.2 Å². The minimum absolute atomic E-state index is 0.110. The highest BCUT2D eigenvalue weighted by molar-refractivity contribution is 5.94. The van der Waals surface area contributed by atoms with Crippen molar-refractivity contribution in [2.75, 3.05) is 6.54 Å². The van der Waals surface area contributed by atoms with Crippen LogP contribution in [0.25, 0.3) is 0 Å². The van der Waals surface area contributed by atoms with Crippen LogP contribution in [-0.2, 0) is 6.54 Å². The molecule has 3 aromatic rings. The molecule has 2 heterocycles. The maximum atomic E-state index is 14.0. The number of imidazole rings is 1. The first-order valence-corrected chi connectivity index (χ1v) is 8.09. The summed E-state index contributed by atoms with van der Waals surface area (Å²) in [5.41, 5.74) is 1.99. The Morgan fingerprint density at radius 1 is 1.23 bits per heavy atom. The maximum Gasteiger partial charge on any atom is 0.257 e. The predicted octanol–water partition coefficient (Wildman–Crippen LogP) is 3.18. The van der Waals surface area contributed by atoms with Gasteiger partial charge in [0.2, 0.25) is 0 Å². The smallest absolute Gasteiger partial charge is 0.257 e. The minimum Gasteiger partial charge on any atom is -0.508 e. The van der Waals surface area contributed by atoms with Gasteiger partial charge in [0.25, 0.3) is 5.91 Å². The Balaban J connectivity index is 1.72. The molecular weight excluding hydrogens is 340 g/mol. The Bertz CT molecular complexity index is 986. The van der Waals surface area contributed by atoms with Crippen LogP contribution in [-0.4, -0.2) is 32.4 Å². The Labute approximate surface area is 147 Å². The highest BCUT2D eigenvalue weighted by atomic mass is 19.2. The van der Waals surface area contributed by atoms with Gasteiger partial charge in [0.05, 0.1) is 29.8 Å². The van der Waals surface area contributed by atoms with Crippen LogP contribution in [0.15, 0.2) is 48.8 Å². The van der Waals surface area contributed by atoms with Crippen molar-refractivity contribution in [1.29, 1.82) is 0 Å². The number of aromatic nitrogens is 2. The van der Waals surface area contributed by atoms with Crippen molar-refractivity contribution in [3.8, 4) is 5.75 Å². The lowest BCUT2D eigenvalue weighted by atomic mass is 9.90. The zero-order valence-electron chi connectivity index (χ0n) is 13.6. The van der Waals surface area contributed by atoms with Gasteiger partial charge in [0.1, 0.15) is 5.75 Å². The van der Waals surface area contributed by atoms with Gasteiger partial charge < -0.3 is 15.0 Å². The van der Waals surface area contributed by atoms with Gasteiger partial charge in [-0.05, 0) is 29.8 Å². The van der Waals surface area contributed by atoms with Crippen LogP contribution < -0.4 is 0 Å². The van der Waals surface area contributed by atoms with E-state index >= 15 is 0 Å². The number of benzene rings is 2. The third-order valence-electron chi connectivity index (χ3n) is 4.58. The molecule has 1 unspecified atom stereocenters. The second kappa shape index (κ2) is 6.25. The number of amides is 1. The Kier molecular flexibility index (Phi) is 3.91. The fourth-order valence-corrected chi connectivity index (χ4v) is 3.32. The normalized spacial score (nSPS) is 16.4. The first-order chi connectivity index (χ1) is 12.5. The van der Waals surface area contributed by atoms with Gasteiger partial charge >= 0.3 is 0 Å². The van der Waals surface area contributed by atoms with Crippen LogP contribution in [0.2, 0.25) is 0 Å². The molecule has 0 saturated carbocycles. The summed E-state index contributed by atoms with van der Waals surface area (Å²) in [5.74, 6) is -2.97. The molecule has 26 heavy (non-hydrogen) atoms. The Hall–Kier alpha value is -3.22. The SMILES string of the molecule is O=C(c1cccc(F)c1F)N1Cc2[nH]cnc2C(c2cccc(O)c2)C1. The molecule has 0 aliphatic carbocycles. The summed E-state index contributed by atoms with van der Waals surface area (Å²) in [7, 11) is 0. The summed E-state index contributed by atoms with van der Waals surface area (Å²) < 4.78 is 27.5. The van der Waals surface area contributed by atoms with Crippen LogP contribution in [0.3, 0.4) is 0 Å². The first kappa shape index (κ1) is 16.3. The highest BCUT2D eigenvalue weighted by Crippen LogP contribution is 2.33. The third-order valence-corrected chi connectivity index (χ3v) is 4.58. The van der Waals surface area contributed by atoms with Crippen molar-refractivity contribution < 1.29 is 18.7 Å². The quantitative estimate of drug-likeness (QED) is 0.742. The second-order valence-corrected chi connectivity index (χ2v) is 6.20. The molecule has 1 aromatic heterocycles. The Morgan fingerprint density at radius 3 is 2.85 bits per heavy atom. The summed E-state index contributed by atoms with van der Waals surface area (Å²) >= 11 is 0. The summed E-state index contributed by atoms with van der Waals surface area (Å²) in [6.07, 6.45) is 1.54. The summed E-state index contributed by atoms with van der Waals surface area (Å²) in [6.45, 7) is 0.468. The molecule has 4 rings (SSSR count). The lowest BCUT2D eigenvalue weighted by Crippen LogP contribution is -2.39. The largest absolute Gasteiger partial charge is 0.508 e. The van der Waals surface area contributed by atoms with E-state index in [0.717, 1.165) is 23.0 Å². The number of aromatic amines is 1. The molecule has 5 nitrogen and oxygen atoms in total. The molecule has 1 aliphatic heterocycles. The van der Waals surface area contributed by atoms with E-state index in [1.165, 1.54) is 23.4 Å². The molecule has 1 aliphatic rings. The van der Waals surface area contributed by atoms with E-state index in [4.69, 9.17) is 0 Å². The monoisotopic (exact) mass is 355 g/mol. The van der Waals surface area contributed by atoms with Crippen LogP contribution in [0.5, 0.6) is 5.75 Å².